The summed E-state index contributed by atoms with van der Waals surface area (Å²) in [5.74, 6) is 0.912. The van der Waals surface area contributed by atoms with Gasteiger partial charge >= 0.3 is 0 Å². The molecule has 1 N–H and O–H groups in total. The van der Waals surface area contributed by atoms with Crippen LogP contribution in [0.5, 0.6) is 0 Å². The molecule has 0 spiro atoms. The van der Waals surface area contributed by atoms with Gasteiger partial charge in [0, 0.05) is 24.0 Å². The van der Waals surface area contributed by atoms with Crippen molar-refractivity contribution in [1.29, 1.82) is 0 Å². The minimum absolute atomic E-state index is 0.0250. The molecule has 0 saturated carbocycles. The van der Waals surface area contributed by atoms with Gasteiger partial charge in [-0.3, -0.25) is 15.0 Å². The van der Waals surface area contributed by atoms with Crippen molar-refractivity contribution in [2.45, 2.75) is 26.7 Å². The number of rotatable bonds is 2. The van der Waals surface area contributed by atoms with Crippen LogP contribution in [0.25, 0.3) is 0 Å². The fraction of sp³-hybridized carbons (Fsp3) is 0.444. The standard InChI is InChI=1S/C18H22BrN3O2/c1-12-9-13(2)11-21(10-12)18(24)16-7-8-17(23)22(20-16)15-5-3-14(19)4-6-15/h3-7,12-13,20H,8-11H2,1-2H3/t12-,13+. The van der Waals surface area contributed by atoms with Crippen LogP contribution in [0, 0.1) is 11.8 Å². The lowest BCUT2D eigenvalue weighted by Crippen LogP contribution is -2.51. The number of hydrazine groups is 1. The molecule has 2 aliphatic heterocycles. The van der Waals surface area contributed by atoms with E-state index in [0.717, 1.165) is 29.7 Å². The van der Waals surface area contributed by atoms with Gasteiger partial charge in [0.25, 0.3) is 5.91 Å². The molecule has 0 radical (unpaired) electrons. The molecule has 128 valence electrons. The van der Waals surface area contributed by atoms with Gasteiger partial charge in [-0.1, -0.05) is 29.8 Å². The summed E-state index contributed by atoms with van der Waals surface area (Å²) in [4.78, 5) is 26.9. The molecule has 6 heteroatoms. The van der Waals surface area contributed by atoms with Gasteiger partial charge in [-0.25, -0.2) is 5.01 Å². The van der Waals surface area contributed by atoms with E-state index in [1.54, 1.807) is 6.08 Å². The predicted octanol–water partition coefficient (Wildman–Crippen LogP) is 3.08. The van der Waals surface area contributed by atoms with Crippen LogP contribution in [0.3, 0.4) is 0 Å². The number of hydrogen-bond acceptors (Lipinski definition) is 3. The fourth-order valence-electron chi connectivity index (χ4n) is 3.44. The van der Waals surface area contributed by atoms with Gasteiger partial charge in [0.2, 0.25) is 5.91 Å². The third-order valence-corrected chi connectivity index (χ3v) is 4.96. The van der Waals surface area contributed by atoms with Crippen molar-refractivity contribution in [2.24, 2.45) is 11.8 Å². The SMILES string of the molecule is C[C@@H]1C[C@H](C)CN(C(=O)C2=CCC(=O)N(c3ccc(Br)cc3)N2)C1. The van der Waals surface area contributed by atoms with Gasteiger partial charge < -0.3 is 4.90 Å². The molecular formula is C18H22BrN3O2. The number of hydrogen-bond donors (Lipinski definition) is 1. The van der Waals surface area contributed by atoms with Gasteiger partial charge in [0.15, 0.2) is 0 Å². The summed E-state index contributed by atoms with van der Waals surface area (Å²) in [6, 6.07) is 7.43. The Morgan fingerprint density at radius 3 is 2.42 bits per heavy atom. The smallest absolute Gasteiger partial charge is 0.271 e. The summed E-state index contributed by atoms with van der Waals surface area (Å²) < 4.78 is 0.943. The molecule has 2 aliphatic rings. The molecule has 1 saturated heterocycles. The zero-order chi connectivity index (χ0) is 17.3. The van der Waals surface area contributed by atoms with Crippen LogP contribution in [-0.2, 0) is 9.59 Å². The largest absolute Gasteiger partial charge is 0.337 e. The van der Waals surface area contributed by atoms with Crippen LogP contribution in [0.1, 0.15) is 26.7 Å². The molecule has 0 aromatic heterocycles. The van der Waals surface area contributed by atoms with Crippen LogP contribution < -0.4 is 10.4 Å². The fourth-order valence-corrected chi connectivity index (χ4v) is 3.71. The number of halogens is 1. The maximum Gasteiger partial charge on any atom is 0.271 e. The highest BCUT2D eigenvalue weighted by Crippen LogP contribution is 2.24. The molecule has 0 unspecified atom stereocenters. The average Bonchev–Trinajstić information content (AvgIpc) is 2.55. The Morgan fingerprint density at radius 2 is 1.79 bits per heavy atom. The van der Waals surface area contributed by atoms with Crippen molar-refractivity contribution in [2.75, 3.05) is 18.1 Å². The number of carbonyl (C=O) groups is 2. The molecular weight excluding hydrogens is 370 g/mol. The predicted molar refractivity (Wildman–Crippen MR) is 97.0 cm³/mol. The maximum atomic E-state index is 12.8. The second-order valence-electron chi connectivity index (χ2n) is 6.80. The van der Waals surface area contributed by atoms with Gasteiger partial charge in [-0.2, -0.15) is 0 Å². The molecule has 2 atom stereocenters. The highest BCUT2D eigenvalue weighted by atomic mass is 79.9. The lowest BCUT2D eigenvalue weighted by Gasteiger charge is -2.37. The topological polar surface area (TPSA) is 52.7 Å². The zero-order valence-electron chi connectivity index (χ0n) is 14.0. The molecule has 24 heavy (non-hydrogen) atoms. The summed E-state index contributed by atoms with van der Waals surface area (Å²) in [5.41, 5.74) is 4.21. The van der Waals surface area contributed by atoms with Crippen molar-refractivity contribution >= 4 is 33.4 Å². The highest BCUT2D eigenvalue weighted by molar-refractivity contribution is 9.10. The number of carbonyl (C=O) groups excluding carboxylic acids is 2. The highest BCUT2D eigenvalue weighted by Gasteiger charge is 2.30. The Balaban J connectivity index is 1.75. The summed E-state index contributed by atoms with van der Waals surface area (Å²) >= 11 is 3.39. The van der Waals surface area contributed by atoms with E-state index in [9.17, 15) is 9.59 Å². The second kappa shape index (κ2) is 6.97. The first-order valence-corrected chi connectivity index (χ1v) is 9.08. The molecule has 1 aromatic rings. The molecule has 0 aliphatic carbocycles. The molecule has 2 heterocycles. The Kier molecular flexibility index (Phi) is 4.94. The van der Waals surface area contributed by atoms with Crippen molar-refractivity contribution in [1.82, 2.24) is 10.3 Å². The van der Waals surface area contributed by atoms with Crippen molar-refractivity contribution < 1.29 is 9.59 Å². The number of benzene rings is 1. The van der Waals surface area contributed by atoms with Crippen LogP contribution in [0.2, 0.25) is 0 Å². The number of piperidine rings is 1. The summed E-state index contributed by atoms with van der Waals surface area (Å²) in [6.45, 7) is 5.90. The second-order valence-corrected chi connectivity index (χ2v) is 7.71. The first kappa shape index (κ1) is 17.0. The summed E-state index contributed by atoms with van der Waals surface area (Å²) in [5, 5.41) is 1.45. The Labute approximate surface area is 150 Å². The number of nitrogens with one attached hydrogen (secondary N) is 1. The van der Waals surface area contributed by atoms with Crippen LogP contribution in [0.4, 0.5) is 5.69 Å². The number of nitrogens with zero attached hydrogens (tertiary/aromatic N) is 2. The number of anilines is 1. The van der Waals surface area contributed by atoms with Crippen LogP contribution in [0.15, 0.2) is 40.5 Å². The van der Waals surface area contributed by atoms with Gasteiger partial charge in [-0.15, -0.1) is 0 Å². The van der Waals surface area contributed by atoms with Crippen LogP contribution in [-0.4, -0.2) is 29.8 Å². The van der Waals surface area contributed by atoms with Gasteiger partial charge in [-0.05, 0) is 48.6 Å². The van der Waals surface area contributed by atoms with Gasteiger partial charge in [0.05, 0.1) is 5.69 Å². The molecule has 3 rings (SSSR count). The average molecular weight is 392 g/mol. The van der Waals surface area contributed by atoms with Crippen molar-refractivity contribution in [3.8, 4) is 0 Å². The lowest BCUT2D eigenvalue weighted by atomic mass is 9.91. The van der Waals surface area contributed by atoms with Crippen molar-refractivity contribution in [3.63, 3.8) is 0 Å². The third kappa shape index (κ3) is 3.64. The van der Waals surface area contributed by atoms with Crippen molar-refractivity contribution in [3.05, 3.63) is 40.5 Å². The minimum Gasteiger partial charge on any atom is -0.337 e. The summed E-state index contributed by atoms with van der Waals surface area (Å²) in [6.07, 6.45) is 3.08. The lowest BCUT2D eigenvalue weighted by molar-refractivity contribution is -0.130. The van der Waals surface area contributed by atoms with E-state index in [1.165, 1.54) is 5.01 Å². The normalized spacial score (nSPS) is 24.5. The first-order chi connectivity index (χ1) is 11.4. The monoisotopic (exact) mass is 391 g/mol. The Morgan fingerprint density at radius 1 is 1.17 bits per heavy atom. The number of amides is 2. The Bertz CT molecular complexity index is 661. The van der Waals surface area contributed by atoms with Crippen LogP contribution >= 0.6 is 15.9 Å². The molecule has 5 nitrogen and oxygen atoms in total. The van der Waals surface area contributed by atoms with E-state index in [0.29, 0.717) is 17.5 Å². The molecule has 0 bridgehead atoms. The van der Waals surface area contributed by atoms with E-state index >= 15 is 0 Å². The first-order valence-electron chi connectivity index (χ1n) is 8.28. The van der Waals surface area contributed by atoms with E-state index in [2.05, 4.69) is 35.2 Å². The Hall–Kier alpha value is -1.82. The molecule has 1 aromatic carbocycles. The quantitative estimate of drug-likeness (QED) is 0.842. The third-order valence-electron chi connectivity index (χ3n) is 4.43. The summed E-state index contributed by atoms with van der Waals surface area (Å²) in [7, 11) is 0. The number of likely N-dealkylation sites (tertiary alicyclic amines) is 1. The molecule has 2 amide bonds. The van der Waals surface area contributed by atoms with E-state index < -0.39 is 0 Å². The van der Waals surface area contributed by atoms with E-state index in [-0.39, 0.29) is 18.2 Å². The van der Waals surface area contributed by atoms with E-state index in [1.807, 2.05) is 29.2 Å². The van der Waals surface area contributed by atoms with Gasteiger partial charge in [0.1, 0.15) is 5.70 Å². The maximum absolute atomic E-state index is 12.8. The van der Waals surface area contributed by atoms with E-state index in [4.69, 9.17) is 0 Å². The minimum atomic E-state index is -0.0748. The molecule has 1 fully saturated rings. The zero-order valence-corrected chi connectivity index (χ0v) is 15.5.